The first-order chi connectivity index (χ1) is 25.4. The quantitative estimate of drug-likeness (QED) is 0.143. The first kappa shape index (κ1) is 41.6. The predicted molar refractivity (Wildman–Crippen MR) is 195 cm³/mol. The fourth-order valence-electron chi connectivity index (χ4n) is 11.6. The zero-order valence-corrected chi connectivity index (χ0v) is 35.4. The van der Waals surface area contributed by atoms with Gasteiger partial charge in [0.2, 0.25) is 0 Å². The summed E-state index contributed by atoms with van der Waals surface area (Å²) in [6.07, 6.45) is 12.1. The van der Waals surface area contributed by atoms with Gasteiger partial charge in [0.15, 0.2) is 0 Å². The summed E-state index contributed by atoms with van der Waals surface area (Å²) < 4.78 is 25.5. The summed E-state index contributed by atoms with van der Waals surface area (Å²) in [7, 11) is 4.58. The van der Waals surface area contributed by atoms with E-state index < -0.39 is 11.8 Å². The summed E-state index contributed by atoms with van der Waals surface area (Å²) in [6, 6.07) is 16.9. The Morgan fingerprint density at radius 2 is 0.909 bits per heavy atom. The van der Waals surface area contributed by atoms with Gasteiger partial charge in [0.25, 0.3) is 0 Å². The van der Waals surface area contributed by atoms with Crippen LogP contribution in [0.3, 0.4) is 0 Å². The second-order valence-electron chi connectivity index (χ2n) is 17.2. The number of allylic oxidation sites excluding steroid dienone is 2. The Bertz CT molecular complexity index is 1660. The number of esters is 4. The van der Waals surface area contributed by atoms with Crippen molar-refractivity contribution in [1.29, 1.82) is 0 Å². The summed E-state index contributed by atoms with van der Waals surface area (Å²) in [5.41, 5.74) is 2.04. The van der Waals surface area contributed by atoms with E-state index in [4.69, 9.17) is 18.9 Å². The summed E-state index contributed by atoms with van der Waals surface area (Å²) in [5.74, 6) is -0.914. The Morgan fingerprint density at radius 3 is 1.25 bits per heavy atom. The molecule has 2 aliphatic carbocycles. The standard InChI is InChI=1S/C43H54N2O8.2BrH/c1-26(46)50-38-11-7-5-9-30(38)24-44(3)32-15-16-33(44)21-36(20-32)52-42(48)40-28-13-14-29(19-28)41(40)43(49)53-37-22-34-17-18-35(23-37)45(34,4)25-31-10-6-8-12-39(31)51-27(2)47;;/h5-14,28-29,32-37,40-41H,15-25H2,1-4H3;2*1H/q+2;;/p-2. The van der Waals surface area contributed by atoms with Crippen LogP contribution in [-0.4, -0.2) is 83.3 Å². The molecule has 6 aliphatic rings. The number of quaternary nitrogens is 2. The molecular weight excluding hydrogens is 832 g/mol. The molecular formula is C43H54Br2N2O8. The molecule has 0 aromatic heterocycles. The number of hydrogen-bond donors (Lipinski definition) is 0. The molecule has 10 nitrogen and oxygen atoms in total. The molecule has 4 aliphatic heterocycles. The number of halogens is 2. The van der Waals surface area contributed by atoms with E-state index >= 15 is 0 Å². The number of benzene rings is 2. The Hall–Kier alpha value is -3.06. The van der Waals surface area contributed by atoms with Crippen LogP contribution < -0.4 is 43.4 Å². The maximum atomic E-state index is 14.1. The Kier molecular flexibility index (Phi) is 12.4. The van der Waals surface area contributed by atoms with Crippen molar-refractivity contribution in [3.8, 4) is 11.5 Å². The smallest absolute Gasteiger partial charge is 0.310 e. The number of carbonyl (C=O) groups is 4. The Morgan fingerprint density at radius 1 is 0.564 bits per heavy atom. The molecule has 12 heteroatoms. The van der Waals surface area contributed by atoms with E-state index in [2.05, 4.69) is 26.2 Å². The largest absolute Gasteiger partial charge is 1.00 e. The van der Waals surface area contributed by atoms with Crippen LogP contribution in [0.25, 0.3) is 0 Å². The van der Waals surface area contributed by atoms with Gasteiger partial charge in [-0.1, -0.05) is 36.4 Å². The summed E-state index contributed by atoms with van der Waals surface area (Å²) in [5, 5.41) is 0. The summed E-state index contributed by atoms with van der Waals surface area (Å²) in [6.45, 7) is 4.37. The molecule has 0 amide bonds. The van der Waals surface area contributed by atoms with E-state index in [1.807, 2.05) is 48.5 Å². The van der Waals surface area contributed by atoms with Gasteiger partial charge in [0, 0.05) is 76.3 Å². The minimum atomic E-state index is -0.507. The van der Waals surface area contributed by atoms with Crippen molar-refractivity contribution < 1.29 is 81.1 Å². The van der Waals surface area contributed by atoms with Crippen LogP contribution in [-0.2, 0) is 41.7 Å². The van der Waals surface area contributed by atoms with Crippen molar-refractivity contribution in [3.63, 3.8) is 0 Å². The lowest BCUT2D eigenvalue weighted by molar-refractivity contribution is -0.961. The van der Waals surface area contributed by atoms with Crippen molar-refractivity contribution in [1.82, 2.24) is 0 Å². The zero-order chi connectivity index (χ0) is 37.1. The van der Waals surface area contributed by atoms with Gasteiger partial charge in [-0.3, -0.25) is 19.2 Å². The molecule has 6 bridgehead atoms. The van der Waals surface area contributed by atoms with Gasteiger partial charge in [0.1, 0.15) is 36.8 Å². The zero-order valence-electron chi connectivity index (χ0n) is 32.2. The Labute approximate surface area is 345 Å². The van der Waals surface area contributed by atoms with E-state index in [1.165, 1.54) is 13.8 Å². The molecule has 0 spiro atoms. The number of fused-ring (bicyclic) bond motifs is 6. The lowest BCUT2D eigenvalue weighted by atomic mass is 9.82. The third kappa shape index (κ3) is 7.94. The highest BCUT2D eigenvalue weighted by Crippen LogP contribution is 2.51. The third-order valence-electron chi connectivity index (χ3n) is 14.2. The number of ether oxygens (including phenoxy) is 4. The number of piperidine rings is 2. The van der Waals surface area contributed by atoms with Crippen LogP contribution in [0.1, 0.15) is 82.8 Å². The van der Waals surface area contributed by atoms with E-state index in [9.17, 15) is 19.2 Å². The predicted octanol–water partition coefficient (Wildman–Crippen LogP) is 0.0501. The Balaban J connectivity index is 0.00000257. The average Bonchev–Trinajstić information content (AvgIpc) is 3.77. The molecule has 0 N–H and O–H groups in total. The minimum absolute atomic E-state index is 0. The molecule has 4 saturated heterocycles. The van der Waals surface area contributed by atoms with Crippen LogP contribution in [0.4, 0.5) is 0 Å². The summed E-state index contributed by atoms with van der Waals surface area (Å²) >= 11 is 0. The van der Waals surface area contributed by atoms with E-state index in [0.29, 0.717) is 35.7 Å². The second-order valence-corrected chi connectivity index (χ2v) is 17.2. The lowest BCUT2D eigenvalue weighted by Gasteiger charge is -2.47. The monoisotopic (exact) mass is 884 g/mol. The van der Waals surface area contributed by atoms with E-state index in [-0.39, 0.29) is 81.9 Å². The van der Waals surface area contributed by atoms with Crippen molar-refractivity contribution in [2.24, 2.45) is 23.7 Å². The maximum Gasteiger partial charge on any atom is 0.310 e. The molecule has 5 fully saturated rings. The fraction of sp³-hybridized carbons (Fsp3) is 0.581. The highest BCUT2D eigenvalue weighted by atomic mass is 79.9. The fourth-order valence-corrected chi connectivity index (χ4v) is 11.6. The topological polar surface area (TPSA) is 105 Å². The molecule has 8 rings (SSSR count). The SMILES string of the molecule is CC(=O)Oc1ccccc1C[N+]1(C)C2CCC1CC(OC(=O)C1C3C=CC(C3)C1C(=O)OC1CC3CCC(C1)[N+]3(C)Cc1ccccc1OC(C)=O)C2.[Br-].[Br-]. The van der Waals surface area contributed by atoms with Crippen LogP contribution in [0, 0.1) is 23.7 Å². The van der Waals surface area contributed by atoms with Crippen molar-refractivity contribution in [2.75, 3.05) is 14.1 Å². The van der Waals surface area contributed by atoms with Crippen LogP contribution >= 0.6 is 0 Å². The number of para-hydroxylation sites is 2. The average molecular weight is 887 g/mol. The molecule has 4 heterocycles. The normalized spacial score (nSPS) is 36.3. The molecule has 2 aromatic rings. The first-order valence-electron chi connectivity index (χ1n) is 19.7. The molecule has 55 heavy (non-hydrogen) atoms. The van der Waals surface area contributed by atoms with Gasteiger partial charge < -0.3 is 61.9 Å². The van der Waals surface area contributed by atoms with Crippen molar-refractivity contribution in [2.45, 2.75) is 121 Å². The van der Waals surface area contributed by atoms with Gasteiger partial charge in [0.05, 0.1) is 50.1 Å². The van der Waals surface area contributed by atoms with Crippen molar-refractivity contribution in [3.05, 3.63) is 71.8 Å². The van der Waals surface area contributed by atoms with Gasteiger partial charge in [-0.2, -0.15) is 0 Å². The number of nitrogens with zero attached hydrogens (tertiary/aromatic N) is 2. The lowest BCUT2D eigenvalue weighted by Crippen LogP contribution is -3.00. The molecule has 2 aromatic carbocycles. The maximum absolute atomic E-state index is 14.1. The van der Waals surface area contributed by atoms with Crippen LogP contribution in [0.15, 0.2) is 60.7 Å². The van der Waals surface area contributed by atoms with Gasteiger partial charge in [-0.15, -0.1) is 0 Å². The van der Waals surface area contributed by atoms with Crippen molar-refractivity contribution >= 4 is 23.9 Å². The highest BCUT2D eigenvalue weighted by molar-refractivity contribution is 5.84. The highest BCUT2D eigenvalue weighted by Gasteiger charge is 2.58. The second kappa shape index (κ2) is 16.4. The number of hydrogen-bond acceptors (Lipinski definition) is 8. The number of rotatable bonds is 10. The van der Waals surface area contributed by atoms with E-state index in [1.54, 1.807) is 0 Å². The van der Waals surface area contributed by atoms with Gasteiger partial charge >= 0.3 is 23.9 Å². The van der Waals surface area contributed by atoms with Gasteiger partial charge in [-0.25, -0.2) is 0 Å². The van der Waals surface area contributed by atoms with Crippen LogP contribution in [0.5, 0.6) is 11.5 Å². The third-order valence-corrected chi connectivity index (χ3v) is 14.2. The minimum Gasteiger partial charge on any atom is -1.00 e. The van der Waals surface area contributed by atoms with Gasteiger partial charge in [-0.05, 0) is 42.5 Å². The molecule has 8 unspecified atom stereocenters. The van der Waals surface area contributed by atoms with E-state index in [0.717, 1.165) is 91.0 Å². The first-order valence-corrected chi connectivity index (χ1v) is 19.7. The number of carbonyl (C=O) groups excluding carboxylic acids is 4. The molecule has 298 valence electrons. The van der Waals surface area contributed by atoms with Crippen LogP contribution in [0.2, 0.25) is 0 Å². The molecule has 8 atom stereocenters. The molecule has 1 saturated carbocycles. The molecule has 0 radical (unpaired) electrons. The summed E-state index contributed by atoms with van der Waals surface area (Å²) in [4.78, 5) is 51.7.